The minimum Gasteiger partial charge on any atom is -0.354 e. The summed E-state index contributed by atoms with van der Waals surface area (Å²) in [6.45, 7) is 7.53. The van der Waals surface area contributed by atoms with E-state index in [9.17, 15) is 4.79 Å². The fourth-order valence-corrected chi connectivity index (χ4v) is 2.73. The molecule has 0 aliphatic rings. The Hall–Kier alpha value is -1.15. The summed E-state index contributed by atoms with van der Waals surface area (Å²) in [6, 6.07) is 0. The van der Waals surface area contributed by atoms with Crippen LogP contribution in [-0.4, -0.2) is 32.0 Å². The van der Waals surface area contributed by atoms with E-state index in [1.807, 2.05) is 31.6 Å². The number of aromatic nitrogens is 4. The second kappa shape index (κ2) is 7.41. The fraction of sp³-hybridized carbons (Fsp3) is 0.500. The van der Waals surface area contributed by atoms with Crippen LogP contribution in [0.4, 0.5) is 0 Å². The van der Waals surface area contributed by atoms with Gasteiger partial charge in [-0.25, -0.2) is 0 Å². The summed E-state index contributed by atoms with van der Waals surface area (Å²) in [6.07, 6.45) is 2.64. The molecule has 0 atom stereocenters. The average molecular weight is 433 g/mol. The summed E-state index contributed by atoms with van der Waals surface area (Å²) < 4.78 is 5.55. The number of aryl methyl sites for hydroxylation is 3. The Morgan fingerprint density at radius 1 is 1.23 bits per heavy atom. The van der Waals surface area contributed by atoms with Crippen LogP contribution in [0, 0.1) is 20.8 Å². The van der Waals surface area contributed by atoms with Gasteiger partial charge in [-0.3, -0.25) is 14.2 Å². The molecule has 0 bridgehead atoms. The number of carbonyl (C=O) groups is 1. The molecule has 8 heteroatoms. The van der Waals surface area contributed by atoms with Gasteiger partial charge in [0.2, 0.25) is 5.91 Å². The average Bonchev–Trinajstić information content (AvgIpc) is 2.89. The normalized spacial score (nSPS) is 11.0. The SMILES string of the molecule is Cc1nn(CC(=O)NCCCn2nc(C)c(Br)c2C)cc1Br. The van der Waals surface area contributed by atoms with Gasteiger partial charge in [0.25, 0.3) is 0 Å². The van der Waals surface area contributed by atoms with E-state index in [0.29, 0.717) is 6.54 Å². The van der Waals surface area contributed by atoms with Crippen molar-refractivity contribution in [2.75, 3.05) is 6.54 Å². The summed E-state index contributed by atoms with van der Waals surface area (Å²) in [5, 5.41) is 11.6. The van der Waals surface area contributed by atoms with Gasteiger partial charge in [-0.05, 0) is 59.1 Å². The molecule has 2 rings (SSSR count). The maximum atomic E-state index is 11.9. The lowest BCUT2D eigenvalue weighted by atomic mass is 10.4. The number of carbonyl (C=O) groups excluding carboxylic acids is 1. The molecule has 1 amide bonds. The van der Waals surface area contributed by atoms with Gasteiger partial charge in [0.1, 0.15) is 6.54 Å². The van der Waals surface area contributed by atoms with Crippen LogP contribution in [0.25, 0.3) is 0 Å². The first-order valence-electron chi connectivity index (χ1n) is 7.04. The second-order valence-electron chi connectivity index (χ2n) is 5.17. The Morgan fingerprint density at radius 2 is 1.95 bits per heavy atom. The Bertz CT molecular complexity index is 658. The first kappa shape index (κ1) is 17.2. The van der Waals surface area contributed by atoms with E-state index in [2.05, 4.69) is 47.4 Å². The third kappa shape index (κ3) is 4.19. The summed E-state index contributed by atoms with van der Waals surface area (Å²) >= 11 is 6.89. The number of rotatable bonds is 6. The van der Waals surface area contributed by atoms with Crippen molar-refractivity contribution >= 4 is 37.8 Å². The number of amides is 1. The molecule has 22 heavy (non-hydrogen) atoms. The first-order chi connectivity index (χ1) is 10.4. The molecule has 0 radical (unpaired) electrons. The molecule has 2 aromatic heterocycles. The number of nitrogens with one attached hydrogen (secondary N) is 1. The molecule has 0 saturated heterocycles. The second-order valence-corrected chi connectivity index (χ2v) is 6.82. The molecular formula is C14H19Br2N5O. The zero-order valence-electron chi connectivity index (χ0n) is 12.9. The van der Waals surface area contributed by atoms with Crippen LogP contribution >= 0.6 is 31.9 Å². The summed E-state index contributed by atoms with van der Waals surface area (Å²) in [5.41, 5.74) is 2.98. The van der Waals surface area contributed by atoms with Gasteiger partial charge in [0.05, 0.1) is 20.3 Å². The third-order valence-electron chi connectivity index (χ3n) is 3.35. The van der Waals surface area contributed by atoms with Crippen molar-refractivity contribution in [2.24, 2.45) is 0 Å². The molecule has 6 nitrogen and oxygen atoms in total. The van der Waals surface area contributed by atoms with Crippen LogP contribution < -0.4 is 5.32 Å². The van der Waals surface area contributed by atoms with Crippen LogP contribution in [0.3, 0.4) is 0 Å². The van der Waals surface area contributed by atoms with Crippen molar-refractivity contribution in [2.45, 2.75) is 40.3 Å². The molecule has 0 fully saturated rings. The first-order valence-corrected chi connectivity index (χ1v) is 8.63. The topological polar surface area (TPSA) is 64.7 Å². The Morgan fingerprint density at radius 3 is 2.50 bits per heavy atom. The van der Waals surface area contributed by atoms with E-state index in [4.69, 9.17) is 0 Å². The van der Waals surface area contributed by atoms with Gasteiger partial charge in [0, 0.05) is 25.0 Å². The standard InChI is InChI=1S/C14H19Br2N5O/c1-9-12(15)7-20(18-9)8-13(22)17-5-4-6-21-11(3)14(16)10(2)19-21/h7H,4-6,8H2,1-3H3,(H,17,22). The van der Waals surface area contributed by atoms with Crippen molar-refractivity contribution < 1.29 is 4.79 Å². The van der Waals surface area contributed by atoms with Gasteiger partial charge in [-0.2, -0.15) is 10.2 Å². The predicted molar refractivity (Wildman–Crippen MR) is 91.7 cm³/mol. The molecule has 0 aliphatic heterocycles. The minimum absolute atomic E-state index is 0.0375. The van der Waals surface area contributed by atoms with E-state index < -0.39 is 0 Å². The van der Waals surface area contributed by atoms with E-state index in [-0.39, 0.29) is 12.5 Å². The van der Waals surface area contributed by atoms with Gasteiger partial charge in [0.15, 0.2) is 0 Å². The van der Waals surface area contributed by atoms with E-state index in [1.165, 1.54) is 0 Å². The molecule has 0 aliphatic carbocycles. The van der Waals surface area contributed by atoms with E-state index in [1.54, 1.807) is 4.68 Å². The van der Waals surface area contributed by atoms with Crippen molar-refractivity contribution in [1.82, 2.24) is 24.9 Å². The number of nitrogens with zero attached hydrogens (tertiary/aromatic N) is 4. The lowest BCUT2D eigenvalue weighted by Gasteiger charge is -2.07. The highest BCUT2D eigenvalue weighted by Gasteiger charge is 2.09. The fourth-order valence-electron chi connectivity index (χ4n) is 2.13. The molecule has 120 valence electrons. The van der Waals surface area contributed by atoms with E-state index >= 15 is 0 Å². The molecule has 0 unspecified atom stereocenters. The van der Waals surface area contributed by atoms with Crippen molar-refractivity contribution in [3.05, 3.63) is 32.2 Å². The number of halogens is 2. The summed E-state index contributed by atoms with van der Waals surface area (Å²) in [7, 11) is 0. The van der Waals surface area contributed by atoms with Crippen molar-refractivity contribution in [3.63, 3.8) is 0 Å². The van der Waals surface area contributed by atoms with Gasteiger partial charge in [-0.1, -0.05) is 0 Å². The smallest absolute Gasteiger partial charge is 0.241 e. The molecule has 0 spiro atoms. The Kier molecular flexibility index (Phi) is 5.80. The maximum Gasteiger partial charge on any atom is 0.241 e. The van der Waals surface area contributed by atoms with Gasteiger partial charge in [-0.15, -0.1) is 0 Å². The van der Waals surface area contributed by atoms with Crippen molar-refractivity contribution in [3.8, 4) is 0 Å². The highest BCUT2D eigenvalue weighted by Crippen LogP contribution is 2.19. The molecule has 1 N–H and O–H groups in total. The lowest BCUT2D eigenvalue weighted by Crippen LogP contribution is -2.29. The minimum atomic E-state index is -0.0375. The van der Waals surface area contributed by atoms with Crippen molar-refractivity contribution in [1.29, 1.82) is 0 Å². The predicted octanol–water partition coefficient (Wildman–Crippen LogP) is 2.74. The summed E-state index contributed by atoms with van der Waals surface area (Å²) in [5.74, 6) is -0.0375. The molecule has 2 aromatic rings. The zero-order chi connectivity index (χ0) is 16.3. The Balaban J connectivity index is 1.74. The monoisotopic (exact) mass is 431 g/mol. The molecule has 0 aromatic carbocycles. The highest BCUT2D eigenvalue weighted by molar-refractivity contribution is 9.10. The number of hydrogen-bond donors (Lipinski definition) is 1. The zero-order valence-corrected chi connectivity index (χ0v) is 16.0. The third-order valence-corrected chi connectivity index (χ3v) is 5.28. The van der Waals surface area contributed by atoms with Crippen LogP contribution in [0.1, 0.15) is 23.5 Å². The van der Waals surface area contributed by atoms with Crippen LogP contribution in [-0.2, 0) is 17.9 Å². The maximum absolute atomic E-state index is 11.9. The van der Waals surface area contributed by atoms with Crippen LogP contribution in [0.15, 0.2) is 15.1 Å². The number of hydrogen-bond acceptors (Lipinski definition) is 3. The van der Waals surface area contributed by atoms with Crippen LogP contribution in [0.5, 0.6) is 0 Å². The van der Waals surface area contributed by atoms with Gasteiger partial charge >= 0.3 is 0 Å². The largest absolute Gasteiger partial charge is 0.354 e. The Labute approximate surface area is 146 Å². The van der Waals surface area contributed by atoms with E-state index in [0.717, 1.165) is 39.0 Å². The molecule has 2 heterocycles. The molecule has 0 saturated carbocycles. The highest BCUT2D eigenvalue weighted by atomic mass is 79.9. The van der Waals surface area contributed by atoms with Gasteiger partial charge < -0.3 is 5.32 Å². The van der Waals surface area contributed by atoms with Crippen LogP contribution in [0.2, 0.25) is 0 Å². The molecular weight excluding hydrogens is 414 g/mol. The summed E-state index contributed by atoms with van der Waals surface area (Å²) in [4.78, 5) is 11.9. The lowest BCUT2D eigenvalue weighted by molar-refractivity contribution is -0.121. The quantitative estimate of drug-likeness (QED) is 0.713.